The van der Waals surface area contributed by atoms with Gasteiger partial charge in [-0.15, -0.1) is 0 Å². The highest BCUT2D eigenvalue weighted by Crippen LogP contribution is 1.70. The first-order valence-corrected chi connectivity index (χ1v) is 3.87. The van der Waals surface area contributed by atoms with Crippen LogP contribution in [0.25, 0.3) is 0 Å². The molecule has 0 aromatic heterocycles. The molecule has 0 unspecified atom stereocenters. The number of thiol groups is 1. The lowest BCUT2D eigenvalue weighted by Gasteiger charge is -2.04. The van der Waals surface area contributed by atoms with E-state index in [0.717, 1.165) is 0 Å². The monoisotopic (exact) mass is 178 g/mol. The van der Waals surface area contributed by atoms with Gasteiger partial charge in [0.15, 0.2) is 5.11 Å². The Balaban J connectivity index is 3.35. The van der Waals surface area contributed by atoms with Crippen molar-refractivity contribution < 1.29 is 4.79 Å². The van der Waals surface area contributed by atoms with Crippen LogP contribution in [-0.4, -0.2) is 23.3 Å². The van der Waals surface area contributed by atoms with Crippen molar-refractivity contribution in [3.63, 3.8) is 0 Å². The number of nitrogens with one attached hydrogen (secondary N) is 2. The Labute approximate surface area is 71.0 Å². The summed E-state index contributed by atoms with van der Waals surface area (Å²) in [5.41, 5.74) is 0. The van der Waals surface area contributed by atoms with E-state index < -0.39 is 0 Å². The summed E-state index contributed by atoms with van der Waals surface area (Å²) >= 11 is 8.67. The van der Waals surface area contributed by atoms with Crippen molar-refractivity contribution >= 4 is 35.9 Å². The van der Waals surface area contributed by atoms with Crippen molar-refractivity contribution in [2.75, 3.05) is 12.3 Å². The SMILES string of the molecule is CC(=O)NC(=S)NCCS. The smallest absolute Gasteiger partial charge is 0.222 e. The molecule has 58 valence electrons. The molecule has 0 aliphatic heterocycles. The fourth-order valence-corrected chi connectivity index (χ4v) is 0.731. The lowest BCUT2D eigenvalue weighted by Crippen LogP contribution is -2.38. The van der Waals surface area contributed by atoms with Crippen molar-refractivity contribution in [3.05, 3.63) is 0 Å². The van der Waals surface area contributed by atoms with Gasteiger partial charge in [-0.05, 0) is 12.2 Å². The first-order valence-electron chi connectivity index (χ1n) is 2.83. The van der Waals surface area contributed by atoms with Crippen molar-refractivity contribution in [2.45, 2.75) is 6.92 Å². The van der Waals surface area contributed by atoms with E-state index in [-0.39, 0.29) is 5.91 Å². The van der Waals surface area contributed by atoms with Gasteiger partial charge >= 0.3 is 0 Å². The highest BCUT2D eigenvalue weighted by Gasteiger charge is 1.94. The summed E-state index contributed by atoms with van der Waals surface area (Å²) in [5.74, 6) is 0.538. The van der Waals surface area contributed by atoms with E-state index in [9.17, 15) is 4.79 Å². The third-order valence-corrected chi connectivity index (χ3v) is 1.16. The predicted octanol–water partition coefficient (Wildman–Crippen LogP) is -0.0732. The van der Waals surface area contributed by atoms with Gasteiger partial charge in [-0.25, -0.2) is 0 Å². The molecule has 3 nitrogen and oxygen atoms in total. The van der Waals surface area contributed by atoms with Crippen LogP contribution in [0.15, 0.2) is 0 Å². The first kappa shape index (κ1) is 9.71. The number of carbonyl (C=O) groups excluding carboxylic acids is 1. The number of carbonyl (C=O) groups is 1. The Morgan fingerprint density at radius 1 is 1.70 bits per heavy atom. The van der Waals surface area contributed by atoms with E-state index in [1.165, 1.54) is 6.92 Å². The standard InChI is InChI=1S/C5H10N2OS2/c1-4(8)7-5(10)6-2-3-9/h9H,2-3H2,1H3,(H2,6,7,8,10). The molecule has 0 heterocycles. The van der Waals surface area contributed by atoms with Crippen LogP contribution in [0.1, 0.15) is 6.92 Å². The maximum Gasteiger partial charge on any atom is 0.222 e. The number of rotatable bonds is 2. The van der Waals surface area contributed by atoms with Crippen LogP contribution in [0.5, 0.6) is 0 Å². The average Bonchev–Trinajstić information content (AvgIpc) is 1.82. The van der Waals surface area contributed by atoms with Gasteiger partial charge in [0.25, 0.3) is 0 Å². The number of hydrogen-bond donors (Lipinski definition) is 3. The summed E-state index contributed by atoms with van der Waals surface area (Å²) in [6.45, 7) is 2.08. The Bertz CT molecular complexity index is 138. The van der Waals surface area contributed by atoms with Crippen LogP contribution in [0.3, 0.4) is 0 Å². The Morgan fingerprint density at radius 2 is 2.30 bits per heavy atom. The quantitative estimate of drug-likeness (QED) is 0.409. The second kappa shape index (κ2) is 5.49. The fourth-order valence-electron chi connectivity index (χ4n) is 0.374. The third-order valence-electron chi connectivity index (χ3n) is 0.687. The largest absolute Gasteiger partial charge is 0.362 e. The van der Waals surface area contributed by atoms with Crippen LogP contribution in [-0.2, 0) is 4.79 Å². The summed E-state index contributed by atoms with van der Waals surface area (Å²) in [6, 6.07) is 0. The van der Waals surface area contributed by atoms with Crippen LogP contribution < -0.4 is 10.6 Å². The Morgan fingerprint density at radius 3 is 2.70 bits per heavy atom. The van der Waals surface area contributed by atoms with Gasteiger partial charge in [-0.3, -0.25) is 4.79 Å². The maximum atomic E-state index is 10.4. The van der Waals surface area contributed by atoms with Gasteiger partial charge in [0.05, 0.1) is 0 Å². The molecule has 0 saturated heterocycles. The van der Waals surface area contributed by atoms with Crippen LogP contribution in [0.2, 0.25) is 0 Å². The second-order valence-corrected chi connectivity index (χ2v) is 2.52. The van der Waals surface area contributed by atoms with E-state index in [0.29, 0.717) is 17.4 Å². The molecule has 0 spiro atoms. The van der Waals surface area contributed by atoms with Crippen LogP contribution in [0.4, 0.5) is 0 Å². The molecule has 0 aromatic rings. The Kier molecular flexibility index (Phi) is 5.33. The molecule has 0 saturated carbocycles. The van der Waals surface area contributed by atoms with E-state index in [4.69, 9.17) is 12.2 Å². The lowest BCUT2D eigenvalue weighted by atomic mass is 10.7. The normalized spacial score (nSPS) is 8.60. The van der Waals surface area contributed by atoms with E-state index in [1.807, 2.05) is 0 Å². The van der Waals surface area contributed by atoms with Gasteiger partial charge in [-0.1, -0.05) is 0 Å². The topological polar surface area (TPSA) is 41.1 Å². The zero-order chi connectivity index (χ0) is 7.98. The van der Waals surface area contributed by atoms with Gasteiger partial charge in [-0.2, -0.15) is 12.6 Å². The van der Waals surface area contributed by atoms with E-state index in [2.05, 4.69) is 23.3 Å². The molecule has 10 heavy (non-hydrogen) atoms. The third kappa shape index (κ3) is 5.84. The predicted molar refractivity (Wildman–Crippen MR) is 48.3 cm³/mol. The van der Waals surface area contributed by atoms with Gasteiger partial charge in [0.2, 0.25) is 5.91 Å². The van der Waals surface area contributed by atoms with Crippen molar-refractivity contribution in [2.24, 2.45) is 0 Å². The number of amides is 1. The molecule has 0 aliphatic carbocycles. The van der Waals surface area contributed by atoms with Crippen LogP contribution >= 0.6 is 24.8 Å². The highest BCUT2D eigenvalue weighted by atomic mass is 32.1. The van der Waals surface area contributed by atoms with Gasteiger partial charge in [0.1, 0.15) is 0 Å². The lowest BCUT2D eigenvalue weighted by molar-refractivity contribution is -0.117. The molecular formula is C5H10N2OS2. The minimum absolute atomic E-state index is 0.156. The molecule has 0 fully saturated rings. The van der Waals surface area contributed by atoms with E-state index >= 15 is 0 Å². The minimum atomic E-state index is -0.156. The number of hydrogen-bond acceptors (Lipinski definition) is 3. The second-order valence-electron chi connectivity index (χ2n) is 1.66. The zero-order valence-electron chi connectivity index (χ0n) is 5.68. The molecular weight excluding hydrogens is 168 g/mol. The van der Waals surface area contributed by atoms with Crippen molar-refractivity contribution in [1.29, 1.82) is 0 Å². The molecule has 2 N–H and O–H groups in total. The average molecular weight is 178 g/mol. The fraction of sp³-hybridized carbons (Fsp3) is 0.600. The zero-order valence-corrected chi connectivity index (χ0v) is 7.39. The van der Waals surface area contributed by atoms with Crippen molar-refractivity contribution in [1.82, 2.24) is 10.6 Å². The summed E-state index contributed by atoms with van der Waals surface area (Å²) < 4.78 is 0. The number of thiocarbonyl (C=S) groups is 1. The molecule has 0 aromatic carbocycles. The molecule has 0 atom stereocenters. The van der Waals surface area contributed by atoms with E-state index in [1.54, 1.807) is 0 Å². The van der Waals surface area contributed by atoms with Gasteiger partial charge < -0.3 is 10.6 Å². The molecule has 0 aliphatic rings. The molecule has 0 radical (unpaired) electrons. The summed E-state index contributed by atoms with van der Waals surface area (Å²) in [5, 5.41) is 5.57. The summed E-state index contributed by atoms with van der Waals surface area (Å²) in [4.78, 5) is 10.4. The molecule has 1 amide bonds. The molecule has 5 heteroatoms. The van der Waals surface area contributed by atoms with Crippen molar-refractivity contribution in [3.8, 4) is 0 Å². The summed E-state index contributed by atoms with van der Waals surface area (Å²) in [7, 11) is 0. The van der Waals surface area contributed by atoms with Crippen LogP contribution in [0, 0.1) is 0 Å². The molecule has 0 rings (SSSR count). The Hall–Kier alpha value is -0.290. The summed E-state index contributed by atoms with van der Waals surface area (Å²) in [6.07, 6.45) is 0. The first-order chi connectivity index (χ1) is 4.66. The maximum absolute atomic E-state index is 10.4. The minimum Gasteiger partial charge on any atom is -0.362 e. The van der Waals surface area contributed by atoms with Gasteiger partial charge in [0, 0.05) is 19.2 Å². The highest BCUT2D eigenvalue weighted by molar-refractivity contribution is 7.80. The molecule has 0 bridgehead atoms.